The molecule has 0 aliphatic carbocycles. The van der Waals surface area contributed by atoms with E-state index in [0.717, 1.165) is 12.5 Å². The van der Waals surface area contributed by atoms with Gasteiger partial charge < -0.3 is 10.2 Å². The van der Waals surface area contributed by atoms with Crippen LogP contribution in [0, 0.1) is 18.7 Å². The lowest BCUT2D eigenvalue weighted by Gasteiger charge is -2.17. The molecule has 1 unspecified atom stereocenters. The number of carbonyl (C=O) groups excluding carboxylic acids is 1. The zero-order chi connectivity index (χ0) is 21.3. The van der Waals surface area contributed by atoms with Crippen LogP contribution in [0.1, 0.15) is 54.2 Å². The molecule has 0 saturated heterocycles. The Kier molecular flexibility index (Phi) is 5.73. The van der Waals surface area contributed by atoms with E-state index in [9.17, 15) is 24.2 Å². The first-order valence-corrected chi connectivity index (χ1v) is 9.61. The van der Waals surface area contributed by atoms with Gasteiger partial charge in [0.25, 0.3) is 5.91 Å². The molecule has 29 heavy (non-hydrogen) atoms. The number of hydrogen-bond donors (Lipinski definition) is 2. The van der Waals surface area contributed by atoms with Crippen LogP contribution in [0.15, 0.2) is 42.5 Å². The van der Waals surface area contributed by atoms with Crippen molar-refractivity contribution in [3.05, 3.63) is 65.1 Å². The van der Waals surface area contributed by atoms with Crippen molar-refractivity contribution in [3.63, 3.8) is 0 Å². The number of phenols is 1. The van der Waals surface area contributed by atoms with Gasteiger partial charge in [-0.3, -0.25) is 14.2 Å². The third kappa shape index (κ3) is 3.88. The molecule has 0 radical (unpaired) electrons. The number of nitrogens with zero attached hydrogens (tertiary/aromatic N) is 1. The number of aliphatic carboxylic acids is 1. The van der Waals surface area contributed by atoms with Crippen molar-refractivity contribution in [2.75, 3.05) is 0 Å². The van der Waals surface area contributed by atoms with Gasteiger partial charge in [0.15, 0.2) is 0 Å². The second-order valence-electron chi connectivity index (χ2n) is 7.49. The van der Waals surface area contributed by atoms with E-state index in [0.29, 0.717) is 28.6 Å². The highest BCUT2D eigenvalue weighted by Gasteiger charge is 2.30. The second-order valence-corrected chi connectivity index (χ2v) is 7.49. The fraction of sp³-hybridized carbons (Fsp3) is 0.304. The summed E-state index contributed by atoms with van der Waals surface area (Å²) in [6.07, 6.45) is 1.24. The van der Waals surface area contributed by atoms with Crippen LogP contribution in [-0.2, 0) is 4.79 Å². The Hall–Kier alpha value is -3.15. The molecule has 0 aliphatic rings. The average molecular weight is 397 g/mol. The standard InChI is InChI=1S/C23H24FNO4/c1-4-13(2)10-19(23(28)29)21-14(3)25(20-9-8-17(26)12-18(20)21)22(27)15-6-5-7-16(24)11-15/h5-9,11-13,19,26H,4,10H2,1-3H3,(H,28,29)/t13?,19-/m0/s1. The monoisotopic (exact) mass is 397 g/mol. The van der Waals surface area contributed by atoms with E-state index < -0.39 is 23.6 Å². The number of carboxylic acids is 1. The SMILES string of the molecule is CCC(C)C[C@H](C(=O)O)c1c(C)n(C(=O)c2cccc(F)c2)c2ccc(O)cc12. The molecule has 0 amide bonds. The fourth-order valence-electron chi connectivity index (χ4n) is 3.79. The summed E-state index contributed by atoms with van der Waals surface area (Å²) in [6, 6.07) is 9.91. The Bertz CT molecular complexity index is 1090. The van der Waals surface area contributed by atoms with Crippen molar-refractivity contribution in [2.45, 2.75) is 39.5 Å². The van der Waals surface area contributed by atoms with Crippen LogP contribution in [0.4, 0.5) is 4.39 Å². The van der Waals surface area contributed by atoms with Crippen LogP contribution in [0.25, 0.3) is 10.9 Å². The molecule has 0 saturated carbocycles. The van der Waals surface area contributed by atoms with Gasteiger partial charge in [-0.15, -0.1) is 0 Å². The number of phenolic OH excluding ortho intramolecular Hbond substituents is 1. The molecule has 0 aliphatic heterocycles. The predicted molar refractivity (Wildman–Crippen MR) is 109 cm³/mol. The minimum atomic E-state index is -0.978. The van der Waals surface area contributed by atoms with Gasteiger partial charge in [-0.05, 0) is 61.2 Å². The van der Waals surface area contributed by atoms with E-state index in [1.807, 2.05) is 13.8 Å². The first-order chi connectivity index (χ1) is 13.7. The number of benzene rings is 2. The summed E-state index contributed by atoms with van der Waals surface area (Å²) in [5.41, 5.74) is 1.64. The minimum Gasteiger partial charge on any atom is -0.508 e. The van der Waals surface area contributed by atoms with Crippen LogP contribution in [0.5, 0.6) is 5.75 Å². The van der Waals surface area contributed by atoms with E-state index in [2.05, 4.69) is 0 Å². The maximum Gasteiger partial charge on any atom is 0.311 e. The molecule has 2 aromatic carbocycles. The molecule has 0 bridgehead atoms. The van der Waals surface area contributed by atoms with Crippen LogP contribution >= 0.6 is 0 Å². The van der Waals surface area contributed by atoms with Gasteiger partial charge in [0.2, 0.25) is 0 Å². The van der Waals surface area contributed by atoms with E-state index in [4.69, 9.17) is 0 Å². The molecule has 152 valence electrons. The van der Waals surface area contributed by atoms with Crippen LogP contribution in [0.2, 0.25) is 0 Å². The van der Waals surface area contributed by atoms with Crippen molar-refractivity contribution in [1.82, 2.24) is 4.57 Å². The number of halogens is 1. The predicted octanol–water partition coefficient (Wildman–Crippen LogP) is 5.09. The molecule has 3 aromatic rings. The molecule has 1 heterocycles. The molecule has 6 heteroatoms. The lowest BCUT2D eigenvalue weighted by molar-refractivity contribution is -0.139. The number of carbonyl (C=O) groups is 2. The van der Waals surface area contributed by atoms with E-state index in [-0.39, 0.29) is 17.2 Å². The number of aromatic hydroxyl groups is 1. The Morgan fingerprint density at radius 3 is 2.52 bits per heavy atom. The van der Waals surface area contributed by atoms with Gasteiger partial charge in [-0.25, -0.2) is 4.39 Å². The van der Waals surface area contributed by atoms with Gasteiger partial charge in [-0.1, -0.05) is 26.3 Å². The van der Waals surface area contributed by atoms with Crippen molar-refractivity contribution < 1.29 is 24.2 Å². The van der Waals surface area contributed by atoms with E-state index in [1.165, 1.54) is 34.9 Å². The number of hydrogen-bond acceptors (Lipinski definition) is 3. The van der Waals surface area contributed by atoms with Crippen LogP contribution in [0.3, 0.4) is 0 Å². The van der Waals surface area contributed by atoms with E-state index >= 15 is 0 Å². The maximum absolute atomic E-state index is 13.7. The second kappa shape index (κ2) is 8.07. The largest absolute Gasteiger partial charge is 0.508 e. The van der Waals surface area contributed by atoms with Crippen molar-refractivity contribution >= 4 is 22.8 Å². The first-order valence-electron chi connectivity index (χ1n) is 9.61. The highest BCUT2D eigenvalue weighted by atomic mass is 19.1. The zero-order valence-corrected chi connectivity index (χ0v) is 16.6. The highest BCUT2D eigenvalue weighted by molar-refractivity contribution is 6.05. The Balaban J connectivity index is 2.26. The summed E-state index contributed by atoms with van der Waals surface area (Å²) in [7, 11) is 0. The minimum absolute atomic E-state index is 0.0122. The Morgan fingerprint density at radius 2 is 1.90 bits per heavy atom. The molecule has 2 atom stereocenters. The van der Waals surface area contributed by atoms with E-state index in [1.54, 1.807) is 13.0 Å². The lowest BCUT2D eigenvalue weighted by atomic mass is 9.87. The third-order valence-electron chi connectivity index (χ3n) is 5.49. The topological polar surface area (TPSA) is 79.5 Å². The Labute approximate surface area is 168 Å². The number of rotatable bonds is 6. The average Bonchev–Trinajstić information content (AvgIpc) is 2.96. The quantitative estimate of drug-likeness (QED) is 0.607. The van der Waals surface area contributed by atoms with Crippen molar-refractivity contribution in [1.29, 1.82) is 0 Å². The van der Waals surface area contributed by atoms with Gasteiger partial charge in [-0.2, -0.15) is 0 Å². The smallest absolute Gasteiger partial charge is 0.311 e. The first kappa shape index (κ1) is 20.6. The summed E-state index contributed by atoms with van der Waals surface area (Å²) in [5.74, 6) is -2.61. The highest BCUT2D eigenvalue weighted by Crippen LogP contribution is 2.37. The number of carboxylic acid groups (broad SMARTS) is 1. The van der Waals surface area contributed by atoms with Crippen LogP contribution < -0.4 is 0 Å². The van der Waals surface area contributed by atoms with Crippen molar-refractivity contribution in [2.24, 2.45) is 5.92 Å². The summed E-state index contributed by atoms with van der Waals surface area (Å²) in [6.45, 7) is 5.68. The van der Waals surface area contributed by atoms with Gasteiger partial charge >= 0.3 is 5.97 Å². The molecule has 5 nitrogen and oxygen atoms in total. The lowest BCUT2D eigenvalue weighted by Crippen LogP contribution is -2.18. The van der Waals surface area contributed by atoms with Gasteiger partial charge in [0.05, 0.1) is 11.4 Å². The van der Waals surface area contributed by atoms with Crippen LogP contribution in [-0.4, -0.2) is 26.7 Å². The van der Waals surface area contributed by atoms with Crippen molar-refractivity contribution in [3.8, 4) is 5.75 Å². The molecule has 0 spiro atoms. The van der Waals surface area contributed by atoms with Gasteiger partial charge in [0.1, 0.15) is 11.6 Å². The molecule has 3 rings (SSSR count). The normalized spacial score (nSPS) is 13.4. The summed E-state index contributed by atoms with van der Waals surface area (Å²) < 4.78 is 15.1. The molecular formula is C23H24FNO4. The summed E-state index contributed by atoms with van der Waals surface area (Å²) in [4.78, 5) is 25.3. The zero-order valence-electron chi connectivity index (χ0n) is 16.6. The number of aromatic nitrogens is 1. The fourth-order valence-corrected chi connectivity index (χ4v) is 3.79. The number of fused-ring (bicyclic) bond motifs is 1. The summed E-state index contributed by atoms with van der Waals surface area (Å²) in [5, 5.41) is 20.4. The molecular weight excluding hydrogens is 373 g/mol. The maximum atomic E-state index is 13.7. The summed E-state index contributed by atoms with van der Waals surface area (Å²) >= 11 is 0. The third-order valence-corrected chi connectivity index (χ3v) is 5.49. The molecule has 1 aromatic heterocycles. The van der Waals surface area contributed by atoms with Gasteiger partial charge in [0, 0.05) is 16.6 Å². The Morgan fingerprint density at radius 1 is 1.17 bits per heavy atom. The molecule has 0 fully saturated rings. The molecule has 2 N–H and O–H groups in total.